The molecule has 0 aliphatic carbocycles. The number of amides is 1. The molecule has 0 aliphatic heterocycles. The first kappa shape index (κ1) is 15.9. The molecule has 0 heterocycles. The van der Waals surface area contributed by atoms with Crippen LogP contribution in [0.15, 0.2) is 18.2 Å². The number of hydrogen-bond acceptors (Lipinski definition) is 4. The summed E-state index contributed by atoms with van der Waals surface area (Å²) in [5, 5.41) is 12.9. The molecule has 1 aromatic rings. The number of carbonyl (C=O) groups excluding carboxylic acids is 1. The maximum atomic E-state index is 12.6. The Bertz CT molecular complexity index is 529. The molecule has 0 spiro atoms. The zero-order chi connectivity index (χ0) is 15.5. The van der Waals surface area contributed by atoms with Gasteiger partial charge in [-0.1, -0.05) is 0 Å². The summed E-state index contributed by atoms with van der Waals surface area (Å²) in [5.41, 5.74) is 2.90. The number of benzene rings is 1. The summed E-state index contributed by atoms with van der Waals surface area (Å²) in [6, 6.07) is 1.33. The Morgan fingerprint density at radius 2 is 2.05 bits per heavy atom. The van der Waals surface area contributed by atoms with Crippen molar-refractivity contribution in [3.63, 3.8) is 0 Å². The van der Waals surface area contributed by atoms with Gasteiger partial charge in [-0.3, -0.25) is 14.9 Å². The number of rotatable bonds is 4. The van der Waals surface area contributed by atoms with Crippen LogP contribution >= 0.6 is 0 Å². The Balaban J connectivity index is 3.16. The number of alkyl halides is 3. The van der Waals surface area contributed by atoms with Gasteiger partial charge in [0.05, 0.1) is 10.5 Å². The predicted octanol–water partition coefficient (Wildman–Crippen LogP) is 1.69. The van der Waals surface area contributed by atoms with Crippen molar-refractivity contribution in [1.82, 2.24) is 5.32 Å². The van der Waals surface area contributed by atoms with Crippen LogP contribution in [0, 0.1) is 10.1 Å². The van der Waals surface area contributed by atoms with Crippen LogP contribution in [0.5, 0.6) is 0 Å². The summed E-state index contributed by atoms with van der Waals surface area (Å²) < 4.78 is 37.8. The minimum atomic E-state index is -4.78. The van der Waals surface area contributed by atoms with E-state index >= 15 is 0 Å². The maximum Gasteiger partial charge on any atom is 0.416 e. The van der Waals surface area contributed by atoms with Crippen molar-refractivity contribution in [2.75, 3.05) is 6.54 Å². The van der Waals surface area contributed by atoms with E-state index in [2.05, 4.69) is 5.32 Å². The fourth-order valence-corrected chi connectivity index (χ4v) is 1.37. The van der Waals surface area contributed by atoms with Gasteiger partial charge in [0.15, 0.2) is 0 Å². The number of nitro benzene ring substituents is 1. The molecule has 1 rings (SSSR count). The lowest BCUT2D eigenvalue weighted by Crippen LogP contribution is -2.35. The van der Waals surface area contributed by atoms with E-state index in [-0.39, 0.29) is 12.6 Å². The summed E-state index contributed by atoms with van der Waals surface area (Å²) in [5.74, 6) is -0.850. The average Bonchev–Trinajstić information content (AvgIpc) is 2.34. The van der Waals surface area contributed by atoms with E-state index in [9.17, 15) is 28.1 Å². The zero-order valence-electron chi connectivity index (χ0n) is 10.4. The normalized spacial score (nSPS) is 12.8. The van der Waals surface area contributed by atoms with Gasteiger partial charge in [-0.25, -0.2) is 0 Å². The second-order valence-corrected chi connectivity index (χ2v) is 4.21. The van der Waals surface area contributed by atoms with Gasteiger partial charge in [0.2, 0.25) is 0 Å². The molecule has 1 amide bonds. The molecular formula is C11H12F3N3O3. The van der Waals surface area contributed by atoms with Crippen molar-refractivity contribution in [3.8, 4) is 0 Å². The molecule has 0 saturated carbocycles. The summed E-state index contributed by atoms with van der Waals surface area (Å²) in [7, 11) is 0. The van der Waals surface area contributed by atoms with E-state index < -0.39 is 33.8 Å². The molecule has 0 radical (unpaired) electrons. The van der Waals surface area contributed by atoms with Gasteiger partial charge >= 0.3 is 6.18 Å². The topological polar surface area (TPSA) is 98.3 Å². The molecule has 0 fully saturated rings. The molecule has 1 atom stereocenters. The first-order valence-corrected chi connectivity index (χ1v) is 5.51. The first-order valence-electron chi connectivity index (χ1n) is 5.51. The minimum absolute atomic E-state index is 0.0445. The Morgan fingerprint density at radius 1 is 1.45 bits per heavy atom. The van der Waals surface area contributed by atoms with E-state index in [1.165, 1.54) is 0 Å². The molecule has 0 saturated heterocycles. The van der Waals surface area contributed by atoms with Crippen molar-refractivity contribution < 1.29 is 22.9 Å². The fourth-order valence-electron chi connectivity index (χ4n) is 1.37. The van der Waals surface area contributed by atoms with Crippen LogP contribution in [0.4, 0.5) is 18.9 Å². The number of carbonyl (C=O) groups is 1. The molecule has 0 bridgehead atoms. The quantitative estimate of drug-likeness (QED) is 0.651. The standard InChI is InChI=1S/C11H12F3N3O3/c1-6(15)5-16-10(18)7-2-8(11(12,13)14)4-9(3-7)17(19)20/h2-4,6H,5,15H2,1H3,(H,16,18). The Kier molecular flexibility index (Phi) is 4.66. The summed E-state index contributed by atoms with van der Waals surface area (Å²) in [6.45, 7) is 1.64. The van der Waals surface area contributed by atoms with E-state index in [4.69, 9.17) is 5.73 Å². The van der Waals surface area contributed by atoms with Gasteiger partial charge in [-0.15, -0.1) is 0 Å². The van der Waals surface area contributed by atoms with Gasteiger partial charge < -0.3 is 11.1 Å². The van der Waals surface area contributed by atoms with Crippen molar-refractivity contribution in [3.05, 3.63) is 39.4 Å². The average molecular weight is 291 g/mol. The molecule has 0 aromatic heterocycles. The minimum Gasteiger partial charge on any atom is -0.350 e. The highest BCUT2D eigenvalue weighted by Gasteiger charge is 2.33. The van der Waals surface area contributed by atoms with Crippen LogP contribution in [-0.4, -0.2) is 23.4 Å². The first-order chi connectivity index (χ1) is 9.11. The van der Waals surface area contributed by atoms with Crippen LogP contribution in [0.2, 0.25) is 0 Å². The molecule has 0 aliphatic rings. The van der Waals surface area contributed by atoms with Gasteiger partial charge in [-0.05, 0) is 13.0 Å². The number of halogens is 3. The third kappa shape index (κ3) is 4.19. The van der Waals surface area contributed by atoms with Crippen molar-refractivity contribution >= 4 is 11.6 Å². The molecular weight excluding hydrogens is 279 g/mol. The Morgan fingerprint density at radius 3 is 2.50 bits per heavy atom. The number of hydrogen-bond donors (Lipinski definition) is 2. The van der Waals surface area contributed by atoms with Crippen LogP contribution in [0.1, 0.15) is 22.8 Å². The number of nitro groups is 1. The molecule has 1 aromatic carbocycles. The lowest BCUT2D eigenvalue weighted by molar-refractivity contribution is -0.385. The highest BCUT2D eigenvalue weighted by molar-refractivity contribution is 5.95. The monoisotopic (exact) mass is 291 g/mol. The molecule has 3 N–H and O–H groups in total. The van der Waals surface area contributed by atoms with E-state index in [0.717, 1.165) is 6.07 Å². The van der Waals surface area contributed by atoms with Crippen molar-refractivity contribution in [1.29, 1.82) is 0 Å². The van der Waals surface area contributed by atoms with Crippen LogP contribution in [-0.2, 0) is 6.18 Å². The van der Waals surface area contributed by atoms with Crippen LogP contribution in [0.3, 0.4) is 0 Å². The largest absolute Gasteiger partial charge is 0.416 e. The molecule has 6 nitrogen and oxygen atoms in total. The lowest BCUT2D eigenvalue weighted by atomic mass is 10.1. The second kappa shape index (κ2) is 5.87. The van der Waals surface area contributed by atoms with E-state index in [1.807, 2.05) is 0 Å². The molecule has 9 heteroatoms. The Hall–Kier alpha value is -2.16. The molecule has 110 valence electrons. The number of nitrogens with two attached hydrogens (primary N) is 1. The van der Waals surface area contributed by atoms with Gasteiger partial charge in [-0.2, -0.15) is 13.2 Å². The van der Waals surface area contributed by atoms with Crippen molar-refractivity contribution in [2.45, 2.75) is 19.1 Å². The van der Waals surface area contributed by atoms with E-state index in [1.54, 1.807) is 6.92 Å². The fraction of sp³-hybridized carbons (Fsp3) is 0.364. The zero-order valence-corrected chi connectivity index (χ0v) is 10.4. The molecule has 20 heavy (non-hydrogen) atoms. The Labute approximate surface area is 111 Å². The number of nitrogens with zero attached hydrogens (tertiary/aromatic N) is 1. The smallest absolute Gasteiger partial charge is 0.350 e. The summed E-state index contributed by atoms with van der Waals surface area (Å²) >= 11 is 0. The van der Waals surface area contributed by atoms with Crippen molar-refractivity contribution in [2.24, 2.45) is 5.73 Å². The highest BCUT2D eigenvalue weighted by atomic mass is 19.4. The number of non-ortho nitro benzene ring substituents is 1. The van der Waals surface area contributed by atoms with Crippen LogP contribution in [0.25, 0.3) is 0 Å². The SMILES string of the molecule is CC(N)CNC(=O)c1cc([N+](=O)[O-])cc(C(F)(F)F)c1. The maximum absolute atomic E-state index is 12.6. The van der Waals surface area contributed by atoms with E-state index in [0.29, 0.717) is 12.1 Å². The third-order valence-electron chi connectivity index (χ3n) is 2.30. The van der Waals surface area contributed by atoms with Gasteiger partial charge in [0.1, 0.15) is 0 Å². The third-order valence-corrected chi connectivity index (χ3v) is 2.30. The van der Waals surface area contributed by atoms with Gasteiger partial charge in [0, 0.05) is 30.3 Å². The number of nitrogens with one attached hydrogen (secondary N) is 1. The summed E-state index contributed by atoms with van der Waals surface area (Å²) in [6.07, 6.45) is -4.78. The van der Waals surface area contributed by atoms with Crippen LogP contribution < -0.4 is 11.1 Å². The highest BCUT2D eigenvalue weighted by Crippen LogP contribution is 2.32. The lowest BCUT2D eigenvalue weighted by Gasteiger charge is -2.10. The summed E-state index contributed by atoms with van der Waals surface area (Å²) in [4.78, 5) is 21.3. The molecule has 1 unspecified atom stereocenters. The second-order valence-electron chi connectivity index (χ2n) is 4.21. The van der Waals surface area contributed by atoms with Gasteiger partial charge in [0.25, 0.3) is 11.6 Å². The predicted molar refractivity (Wildman–Crippen MR) is 64.1 cm³/mol.